The molecule has 1 rings (SSSR count). The molecule has 0 spiro atoms. The maximum Gasteiger partial charge on any atom is 0.192 e. The number of rotatable bonds is 6. The van der Waals surface area contributed by atoms with Gasteiger partial charge < -0.3 is 9.16 Å². The van der Waals surface area contributed by atoms with E-state index < -0.39 is 8.32 Å². The highest BCUT2D eigenvalue weighted by Crippen LogP contribution is 2.36. The van der Waals surface area contributed by atoms with E-state index in [0.29, 0.717) is 6.61 Å². The van der Waals surface area contributed by atoms with E-state index in [0.717, 1.165) is 5.75 Å². The molecule has 1 aromatic rings. The first-order valence-electron chi connectivity index (χ1n) is 7.15. The number of hydrogen-bond acceptors (Lipinski definition) is 2. The topological polar surface area (TPSA) is 18.5 Å². The maximum atomic E-state index is 6.19. The van der Waals surface area contributed by atoms with Crippen molar-refractivity contribution in [2.75, 3.05) is 6.61 Å². The minimum Gasteiger partial charge on any atom is -0.484 e. The van der Waals surface area contributed by atoms with Gasteiger partial charge in [0.05, 0.1) is 6.61 Å². The van der Waals surface area contributed by atoms with Gasteiger partial charge in [0, 0.05) is 0 Å². The largest absolute Gasteiger partial charge is 0.484 e. The molecule has 0 aliphatic heterocycles. The summed E-state index contributed by atoms with van der Waals surface area (Å²) in [7, 11) is -1.74. The van der Waals surface area contributed by atoms with Crippen molar-refractivity contribution in [2.45, 2.75) is 51.9 Å². The summed E-state index contributed by atoms with van der Waals surface area (Å²) in [6.45, 7) is 17.7. The summed E-state index contributed by atoms with van der Waals surface area (Å²) in [4.78, 5) is 0. The molecule has 20 heavy (non-hydrogen) atoms. The van der Waals surface area contributed by atoms with Crippen molar-refractivity contribution in [3.05, 3.63) is 42.5 Å². The molecule has 112 valence electrons. The first kappa shape index (κ1) is 17.0. The lowest BCUT2D eigenvalue weighted by atomic mass is 10.2. The molecule has 0 radical (unpaired) electrons. The SMILES string of the molecule is C=CC(CO[Si](C)(C)C(C)(C)C)Oc1ccc(C)cc1. The molecule has 0 aliphatic carbocycles. The van der Waals surface area contributed by atoms with E-state index in [1.54, 1.807) is 0 Å². The van der Waals surface area contributed by atoms with Gasteiger partial charge in [-0.3, -0.25) is 0 Å². The van der Waals surface area contributed by atoms with E-state index in [4.69, 9.17) is 9.16 Å². The Kier molecular flexibility index (Phi) is 5.60. The molecule has 0 saturated carbocycles. The Morgan fingerprint density at radius 2 is 1.75 bits per heavy atom. The fraction of sp³-hybridized carbons (Fsp3) is 0.529. The third kappa shape index (κ3) is 4.80. The van der Waals surface area contributed by atoms with Gasteiger partial charge in [0.15, 0.2) is 8.32 Å². The molecule has 0 heterocycles. The van der Waals surface area contributed by atoms with Crippen LogP contribution in [0.15, 0.2) is 36.9 Å². The minimum atomic E-state index is -1.74. The van der Waals surface area contributed by atoms with E-state index in [9.17, 15) is 0 Å². The highest BCUT2D eigenvalue weighted by molar-refractivity contribution is 6.74. The summed E-state index contributed by atoms with van der Waals surface area (Å²) in [5.74, 6) is 0.860. The molecule has 1 atom stereocenters. The van der Waals surface area contributed by atoms with Crippen molar-refractivity contribution in [3.8, 4) is 5.75 Å². The van der Waals surface area contributed by atoms with Crippen molar-refractivity contribution < 1.29 is 9.16 Å². The lowest BCUT2D eigenvalue weighted by Crippen LogP contribution is -2.43. The fourth-order valence-electron chi connectivity index (χ4n) is 1.45. The van der Waals surface area contributed by atoms with Crippen LogP contribution in [0.5, 0.6) is 5.75 Å². The number of hydrogen-bond donors (Lipinski definition) is 0. The first-order chi connectivity index (χ1) is 9.15. The second-order valence-electron chi connectivity index (χ2n) is 6.78. The Morgan fingerprint density at radius 1 is 1.20 bits per heavy atom. The zero-order valence-corrected chi connectivity index (χ0v) is 14.7. The molecule has 0 amide bonds. The van der Waals surface area contributed by atoms with Gasteiger partial charge in [0.1, 0.15) is 11.9 Å². The van der Waals surface area contributed by atoms with Gasteiger partial charge in [-0.05, 0) is 43.3 Å². The summed E-state index contributed by atoms with van der Waals surface area (Å²) in [6.07, 6.45) is 1.71. The van der Waals surface area contributed by atoms with Crippen molar-refractivity contribution in [2.24, 2.45) is 0 Å². The Bertz CT molecular complexity index is 429. The zero-order valence-electron chi connectivity index (χ0n) is 13.7. The maximum absolute atomic E-state index is 6.19. The van der Waals surface area contributed by atoms with Gasteiger partial charge in [-0.25, -0.2) is 0 Å². The van der Waals surface area contributed by atoms with Crippen LogP contribution in [-0.4, -0.2) is 21.0 Å². The number of aryl methyl sites for hydroxylation is 1. The van der Waals surface area contributed by atoms with Crippen LogP contribution in [0.1, 0.15) is 26.3 Å². The molecule has 0 saturated heterocycles. The van der Waals surface area contributed by atoms with Crippen LogP contribution in [0.4, 0.5) is 0 Å². The molecule has 0 bridgehead atoms. The third-order valence-electron chi connectivity index (χ3n) is 3.99. The standard InChI is InChI=1S/C17H28O2Si/c1-8-15(13-18-20(6,7)17(3,4)5)19-16-11-9-14(2)10-12-16/h8-12,15H,1,13H2,2-7H3. The van der Waals surface area contributed by atoms with Crippen LogP contribution in [0.3, 0.4) is 0 Å². The van der Waals surface area contributed by atoms with Gasteiger partial charge in [0.25, 0.3) is 0 Å². The quantitative estimate of drug-likeness (QED) is 0.545. The molecular formula is C17H28O2Si. The third-order valence-corrected chi connectivity index (χ3v) is 8.49. The zero-order chi connectivity index (χ0) is 15.4. The molecular weight excluding hydrogens is 264 g/mol. The first-order valence-corrected chi connectivity index (χ1v) is 10.1. The minimum absolute atomic E-state index is 0.105. The lowest BCUT2D eigenvalue weighted by molar-refractivity contribution is 0.154. The van der Waals surface area contributed by atoms with Crippen LogP contribution >= 0.6 is 0 Å². The van der Waals surface area contributed by atoms with Crippen LogP contribution in [0.2, 0.25) is 18.1 Å². The molecule has 1 unspecified atom stereocenters. The van der Waals surface area contributed by atoms with Crippen LogP contribution in [0, 0.1) is 6.92 Å². The monoisotopic (exact) mass is 292 g/mol. The average Bonchev–Trinajstić information content (AvgIpc) is 2.35. The summed E-state index contributed by atoms with van der Waals surface area (Å²) < 4.78 is 12.1. The highest BCUT2D eigenvalue weighted by Gasteiger charge is 2.37. The molecule has 2 nitrogen and oxygen atoms in total. The Morgan fingerprint density at radius 3 is 2.20 bits per heavy atom. The lowest BCUT2D eigenvalue weighted by Gasteiger charge is -2.37. The van der Waals surface area contributed by atoms with Crippen LogP contribution < -0.4 is 4.74 Å². The van der Waals surface area contributed by atoms with Gasteiger partial charge in [-0.2, -0.15) is 0 Å². The van der Waals surface area contributed by atoms with E-state index in [-0.39, 0.29) is 11.1 Å². The van der Waals surface area contributed by atoms with E-state index in [1.165, 1.54) is 5.56 Å². The number of ether oxygens (including phenoxy) is 1. The van der Waals surface area contributed by atoms with Crippen molar-refractivity contribution >= 4 is 8.32 Å². The second kappa shape index (κ2) is 6.59. The van der Waals surface area contributed by atoms with Gasteiger partial charge in [-0.15, -0.1) is 0 Å². The van der Waals surface area contributed by atoms with Crippen molar-refractivity contribution in [1.82, 2.24) is 0 Å². The molecule has 0 aliphatic rings. The molecule has 0 fully saturated rings. The number of benzene rings is 1. The van der Waals surface area contributed by atoms with Crippen molar-refractivity contribution in [3.63, 3.8) is 0 Å². The highest BCUT2D eigenvalue weighted by atomic mass is 28.4. The predicted octanol–water partition coefficient (Wildman–Crippen LogP) is 4.95. The average molecular weight is 292 g/mol. The molecule has 3 heteroatoms. The van der Waals surface area contributed by atoms with E-state index in [1.807, 2.05) is 30.3 Å². The molecule has 1 aromatic carbocycles. The summed E-state index contributed by atoms with van der Waals surface area (Å²) in [5.41, 5.74) is 1.23. The molecule has 0 N–H and O–H groups in total. The second-order valence-corrected chi connectivity index (χ2v) is 11.6. The summed E-state index contributed by atoms with van der Waals surface area (Å²) in [5, 5.41) is 0.211. The van der Waals surface area contributed by atoms with Crippen molar-refractivity contribution in [1.29, 1.82) is 0 Å². The molecule has 0 aromatic heterocycles. The summed E-state index contributed by atoms with van der Waals surface area (Å²) >= 11 is 0. The Labute approximate surface area is 124 Å². The Hall–Kier alpha value is -1.06. The Balaban J connectivity index is 2.60. The van der Waals surface area contributed by atoms with Crippen LogP contribution in [-0.2, 0) is 4.43 Å². The smallest absolute Gasteiger partial charge is 0.192 e. The fourth-order valence-corrected chi connectivity index (χ4v) is 2.46. The normalized spacial score (nSPS) is 13.9. The van der Waals surface area contributed by atoms with E-state index >= 15 is 0 Å². The van der Waals surface area contributed by atoms with Crippen LogP contribution in [0.25, 0.3) is 0 Å². The predicted molar refractivity (Wildman–Crippen MR) is 88.9 cm³/mol. The van der Waals surface area contributed by atoms with Gasteiger partial charge >= 0.3 is 0 Å². The van der Waals surface area contributed by atoms with Gasteiger partial charge in [-0.1, -0.05) is 45.0 Å². The summed E-state index contributed by atoms with van der Waals surface area (Å²) in [6, 6.07) is 8.06. The van der Waals surface area contributed by atoms with E-state index in [2.05, 4.69) is 47.4 Å². The van der Waals surface area contributed by atoms with Gasteiger partial charge in [0.2, 0.25) is 0 Å².